The number of ether oxygens (including phenoxy) is 1. The van der Waals surface area contributed by atoms with Gasteiger partial charge in [-0.05, 0) is 47.0 Å². The van der Waals surface area contributed by atoms with Gasteiger partial charge in [0.05, 0.1) is 0 Å². The average Bonchev–Trinajstić information content (AvgIpc) is 2.77. The summed E-state index contributed by atoms with van der Waals surface area (Å²) in [5.74, 6) is 0.142. The van der Waals surface area contributed by atoms with Crippen LogP contribution in [0.3, 0.4) is 0 Å². The fourth-order valence-electron chi connectivity index (χ4n) is 2.55. The Morgan fingerprint density at radius 2 is 2.13 bits per heavy atom. The Balaban J connectivity index is 1.72. The number of hydrogen-bond acceptors (Lipinski definition) is 5. The number of amides is 2. The van der Waals surface area contributed by atoms with Crippen molar-refractivity contribution < 1.29 is 18.8 Å². The number of carbonyl (C=O) groups excluding carboxylic acids is 2. The maximum absolute atomic E-state index is 12.0. The van der Waals surface area contributed by atoms with Gasteiger partial charge in [-0.3, -0.25) is 4.79 Å². The van der Waals surface area contributed by atoms with Crippen molar-refractivity contribution >= 4 is 12.0 Å². The van der Waals surface area contributed by atoms with Crippen molar-refractivity contribution in [1.82, 2.24) is 15.4 Å². The van der Waals surface area contributed by atoms with Crippen LogP contribution in [0.25, 0.3) is 0 Å². The molecule has 128 valence electrons. The summed E-state index contributed by atoms with van der Waals surface area (Å²) in [5.41, 5.74) is 0.564. The minimum absolute atomic E-state index is 0.00406. The van der Waals surface area contributed by atoms with Crippen molar-refractivity contribution in [2.45, 2.75) is 52.7 Å². The second-order valence-electron chi connectivity index (χ2n) is 7.21. The summed E-state index contributed by atoms with van der Waals surface area (Å²) in [6.07, 6.45) is 1.98. The van der Waals surface area contributed by atoms with Crippen molar-refractivity contribution in [2.75, 3.05) is 13.1 Å². The van der Waals surface area contributed by atoms with E-state index in [2.05, 4.69) is 10.5 Å². The van der Waals surface area contributed by atoms with E-state index >= 15 is 0 Å². The third kappa shape index (κ3) is 4.71. The molecule has 1 unspecified atom stereocenters. The van der Waals surface area contributed by atoms with Crippen molar-refractivity contribution in [3.8, 4) is 0 Å². The molecule has 2 rings (SSSR count). The van der Waals surface area contributed by atoms with E-state index in [1.165, 1.54) is 6.26 Å². The molecule has 0 aliphatic carbocycles. The van der Waals surface area contributed by atoms with Crippen molar-refractivity contribution in [3.63, 3.8) is 0 Å². The Hall–Kier alpha value is -2.05. The van der Waals surface area contributed by atoms with Gasteiger partial charge in [-0.2, -0.15) is 0 Å². The van der Waals surface area contributed by atoms with E-state index in [0.717, 1.165) is 12.0 Å². The summed E-state index contributed by atoms with van der Waals surface area (Å²) in [6.45, 7) is 10.6. The molecule has 7 nitrogen and oxygen atoms in total. The Kier molecular flexibility index (Phi) is 4.97. The highest BCUT2D eigenvalue weighted by Crippen LogP contribution is 2.23. The summed E-state index contributed by atoms with van der Waals surface area (Å²) in [7, 11) is 0. The summed E-state index contributed by atoms with van der Waals surface area (Å²) in [5, 5.41) is 6.60. The monoisotopic (exact) mass is 323 g/mol. The third-order valence-electron chi connectivity index (χ3n) is 3.64. The number of aromatic nitrogens is 1. The number of carbonyl (C=O) groups is 2. The highest BCUT2D eigenvalue weighted by Gasteiger charge is 2.34. The average molecular weight is 323 g/mol. The van der Waals surface area contributed by atoms with E-state index in [1.54, 1.807) is 11.8 Å². The maximum Gasteiger partial charge on any atom is 0.410 e. The van der Waals surface area contributed by atoms with Crippen molar-refractivity contribution in [1.29, 1.82) is 0 Å². The van der Waals surface area contributed by atoms with Crippen molar-refractivity contribution in [3.05, 3.63) is 17.5 Å². The number of nitrogens with one attached hydrogen (secondary N) is 1. The summed E-state index contributed by atoms with van der Waals surface area (Å²) in [6, 6.07) is 0.00406. The summed E-state index contributed by atoms with van der Waals surface area (Å²) >= 11 is 0. The molecular formula is C16H25N3O4. The molecule has 1 N–H and O–H groups in total. The molecule has 2 heterocycles. The van der Waals surface area contributed by atoms with E-state index in [-0.39, 0.29) is 18.0 Å². The number of hydrogen-bond donors (Lipinski definition) is 1. The van der Waals surface area contributed by atoms with Gasteiger partial charge in [0.25, 0.3) is 5.91 Å². The lowest BCUT2D eigenvalue weighted by Crippen LogP contribution is -2.53. The molecule has 1 aromatic rings. The zero-order chi connectivity index (χ0) is 17.2. The normalized spacial score (nSPS) is 16.7. The van der Waals surface area contributed by atoms with Crippen LogP contribution < -0.4 is 5.32 Å². The van der Waals surface area contributed by atoms with Gasteiger partial charge in [-0.15, -0.1) is 0 Å². The first-order valence-electron chi connectivity index (χ1n) is 7.85. The molecule has 7 heteroatoms. The molecule has 1 aliphatic heterocycles. The first-order valence-corrected chi connectivity index (χ1v) is 7.85. The van der Waals surface area contributed by atoms with Gasteiger partial charge in [-0.1, -0.05) is 5.16 Å². The van der Waals surface area contributed by atoms with E-state index in [1.807, 2.05) is 27.7 Å². The molecule has 0 bridgehead atoms. The molecule has 23 heavy (non-hydrogen) atoms. The SMILES string of the molecule is Cc1conc1C(=O)NC(C)CC1CN(C(=O)OC(C)(C)C)C1. The van der Waals surface area contributed by atoms with Crippen LogP contribution in [-0.4, -0.2) is 46.8 Å². The standard InChI is InChI=1S/C16H25N3O4/c1-10-9-22-18-13(10)14(20)17-11(2)6-12-7-19(8-12)15(21)23-16(3,4)5/h9,11-12H,6-8H2,1-5H3,(H,17,20). The third-order valence-corrected chi connectivity index (χ3v) is 3.64. The van der Waals surface area contributed by atoms with Gasteiger partial charge >= 0.3 is 6.09 Å². The van der Waals surface area contributed by atoms with E-state index < -0.39 is 5.60 Å². The lowest BCUT2D eigenvalue weighted by atomic mass is 9.93. The summed E-state index contributed by atoms with van der Waals surface area (Å²) < 4.78 is 10.1. The van der Waals surface area contributed by atoms with Gasteiger partial charge in [-0.25, -0.2) is 4.79 Å². The van der Waals surface area contributed by atoms with Gasteiger partial charge in [0.15, 0.2) is 5.69 Å². The molecule has 0 saturated carbocycles. The molecule has 2 amide bonds. The van der Waals surface area contributed by atoms with Crippen LogP contribution in [0.1, 0.15) is 50.2 Å². The van der Waals surface area contributed by atoms with Crippen molar-refractivity contribution in [2.24, 2.45) is 5.92 Å². The van der Waals surface area contributed by atoms with Crippen LogP contribution in [0.15, 0.2) is 10.8 Å². The predicted octanol–water partition coefficient (Wildman–Crippen LogP) is 2.36. The molecule has 1 aromatic heterocycles. The Labute approximate surface area is 136 Å². The lowest BCUT2D eigenvalue weighted by molar-refractivity contribution is -0.00332. The highest BCUT2D eigenvalue weighted by atomic mass is 16.6. The largest absolute Gasteiger partial charge is 0.444 e. The molecule has 1 saturated heterocycles. The van der Waals surface area contributed by atoms with Crippen LogP contribution >= 0.6 is 0 Å². The predicted molar refractivity (Wildman–Crippen MR) is 84.1 cm³/mol. The minimum Gasteiger partial charge on any atom is -0.444 e. The topological polar surface area (TPSA) is 84.7 Å². The molecule has 1 aliphatic rings. The number of rotatable bonds is 4. The smallest absolute Gasteiger partial charge is 0.410 e. The second kappa shape index (κ2) is 6.60. The van der Waals surface area contributed by atoms with Gasteiger partial charge in [0, 0.05) is 24.7 Å². The first-order chi connectivity index (χ1) is 10.7. The molecule has 1 fully saturated rings. The fraction of sp³-hybridized carbons (Fsp3) is 0.688. The number of aryl methyl sites for hydroxylation is 1. The Morgan fingerprint density at radius 3 is 2.65 bits per heavy atom. The van der Waals surface area contributed by atoms with E-state index in [4.69, 9.17) is 9.26 Å². The second-order valence-corrected chi connectivity index (χ2v) is 7.21. The molecule has 1 atom stereocenters. The molecular weight excluding hydrogens is 298 g/mol. The van der Waals surface area contributed by atoms with Gasteiger partial charge < -0.3 is 19.5 Å². The van der Waals surface area contributed by atoms with E-state index in [9.17, 15) is 9.59 Å². The van der Waals surface area contributed by atoms with Crippen LogP contribution in [0, 0.1) is 12.8 Å². The Bertz CT molecular complexity index is 570. The molecule has 0 spiro atoms. The highest BCUT2D eigenvalue weighted by molar-refractivity contribution is 5.93. The summed E-state index contributed by atoms with van der Waals surface area (Å²) in [4.78, 5) is 25.6. The number of nitrogens with zero attached hydrogens (tertiary/aromatic N) is 2. The molecule has 0 radical (unpaired) electrons. The van der Waals surface area contributed by atoms with Crippen LogP contribution in [-0.2, 0) is 4.74 Å². The lowest BCUT2D eigenvalue weighted by Gasteiger charge is -2.40. The van der Waals surface area contributed by atoms with Gasteiger partial charge in [0.1, 0.15) is 11.9 Å². The minimum atomic E-state index is -0.473. The zero-order valence-corrected chi connectivity index (χ0v) is 14.4. The van der Waals surface area contributed by atoms with E-state index in [0.29, 0.717) is 24.7 Å². The number of likely N-dealkylation sites (tertiary alicyclic amines) is 1. The van der Waals surface area contributed by atoms with Gasteiger partial charge in [0.2, 0.25) is 0 Å². The quantitative estimate of drug-likeness (QED) is 0.919. The van der Waals surface area contributed by atoms with Crippen LogP contribution in [0.5, 0.6) is 0 Å². The van der Waals surface area contributed by atoms with Crippen LogP contribution in [0.2, 0.25) is 0 Å². The Morgan fingerprint density at radius 1 is 1.48 bits per heavy atom. The first kappa shape index (κ1) is 17.3. The fourth-order valence-corrected chi connectivity index (χ4v) is 2.55. The molecule has 0 aromatic carbocycles. The zero-order valence-electron chi connectivity index (χ0n) is 14.4. The maximum atomic E-state index is 12.0. The van der Waals surface area contributed by atoms with Crippen LogP contribution in [0.4, 0.5) is 4.79 Å².